The van der Waals surface area contributed by atoms with Crippen LogP contribution >= 0.6 is 0 Å². The summed E-state index contributed by atoms with van der Waals surface area (Å²) in [5, 5.41) is 29.4. The Morgan fingerprint density at radius 2 is 1.14 bits per heavy atom. The van der Waals surface area contributed by atoms with Crippen LogP contribution in [0.3, 0.4) is 0 Å². The van der Waals surface area contributed by atoms with Gasteiger partial charge in [0.25, 0.3) is 0 Å². The maximum Gasteiger partial charge on any atom is 0.335 e. The van der Waals surface area contributed by atoms with E-state index in [1.54, 1.807) is 12.1 Å². The molecule has 0 spiro atoms. The van der Waals surface area contributed by atoms with Gasteiger partial charge in [-0.05, 0) is 85.0 Å². The van der Waals surface area contributed by atoms with Crippen LogP contribution in [0.4, 0.5) is 11.4 Å². The third-order valence-corrected chi connectivity index (χ3v) is 10.3. The number of allylic oxidation sites excluding steroid dienone is 2. The number of benzene rings is 3. The Morgan fingerprint density at radius 3 is 1.61 bits per heavy atom. The number of ether oxygens (including phenoxy) is 2. The average molecular weight is 667 g/mol. The third-order valence-electron chi connectivity index (χ3n) is 10.3. The van der Waals surface area contributed by atoms with E-state index in [9.17, 15) is 44.1 Å². The van der Waals surface area contributed by atoms with Gasteiger partial charge < -0.3 is 24.8 Å². The van der Waals surface area contributed by atoms with Crippen LogP contribution in [0.25, 0.3) is 0 Å². The maximum atomic E-state index is 14.3. The molecule has 49 heavy (non-hydrogen) atoms. The summed E-state index contributed by atoms with van der Waals surface area (Å²) in [5.74, 6) is -9.21. The Morgan fingerprint density at radius 1 is 0.673 bits per heavy atom. The van der Waals surface area contributed by atoms with Gasteiger partial charge in [0.15, 0.2) is 11.5 Å². The van der Waals surface area contributed by atoms with E-state index in [4.69, 9.17) is 9.47 Å². The number of hydrogen-bond acceptors (Lipinski definition) is 9. The van der Waals surface area contributed by atoms with Crippen molar-refractivity contribution in [3.8, 4) is 17.2 Å². The fraction of sp³-hybridized carbons (Fsp3) is 0.278. The molecule has 13 nitrogen and oxygen atoms in total. The molecule has 0 aromatic heterocycles. The fourth-order valence-corrected chi connectivity index (χ4v) is 8.07. The summed E-state index contributed by atoms with van der Waals surface area (Å²) in [6.07, 6.45) is 2.15. The number of aromatic carboxylic acids is 2. The summed E-state index contributed by atoms with van der Waals surface area (Å²) >= 11 is 0. The van der Waals surface area contributed by atoms with Crippen molar-refractivity contribution in [3.05, 3.63) is 89.0 Å². The van der Waals surface area contributed by atoms with Crippen molar-refractivity contribution in [1.82, 2.24) is 0 Å². The predicted molar refractivity (Wildman–Crippen MR) is 171 cm³/mol. The van der Waals surface area contributed by atoms with E-state index >= 15 is 0 Å². The first-order valence-corrected chi connectivity index (χ1v) is 15.5. The summed E-state index contributed by atoms with van der Waals surface area (Å²) in [5.41, 5.74) is 1.61. The molecule has 3 N–H and O–H groups in total. The Hall–Kier alpha value is -5.98. The molecule has 2 heterocycles. The highest BCUT2D eigenvalue weighted by Crippen LogP contribution is 2.59. The molecule has 3 aromatic carbocycles. The van der Waals surface area contributed by atoms with Gasteiger partial charge in [-0.1, -0.05) is 11.6 Å². The molecule has 0 unspecified atom stereocenters. The van der Waals surface area contributed by atoms with Crippen molar-refractivity contribution in [2.24, 2.45) is 29.6 Å². The molecule has 2 aliphatic heterocycles. The number of nitrogens with zero attached hydrogens (tertiary/aromatic N) is 2. The summed E-state index contributed by atoms with van der Waals surface area (Å²) < 4.78 is 10.8. The van der Waals surface area contributed by atoms with Gasteiger partial charge in [-0.3, -0.25) is 29.0 Å². The normalized spacial score (nSPS) is 25.8. The Balaban J connectivity index is 1.34. The number of aromatic hydroxyl groups is 1. The summed E-state index contributed by atoms with van der Waals surface area (Å²) in [6, 6.07) is 14.0. The van der Waals surface area contributed by atoms with E-state index in [1.165, 1.54) is 62.8 Å². The van der Waals surface area contributed by atoms with Gasteiger partial charge in [-0.2, -0.15) is 0 Å². The van der Waals surface area contributed by atoms with Gasteiger partial charge in [-0.15, -0.1) is 0 Å². The number of anilines is 2. The van der Waals surface area contributed by atoms with Crippen LogP contribution in [0.1, 0.15) is 45.0 Å². The zero-order valence-electron chi connectivity index (χ0n) is 26.2. The lowest BCUT2D eigenvalue weighted by atomic mass is 9.57. The number of amides is 4. The standard InChI is InChI=1S/C36H30N2O11/c1-48-25-13-18(14-26(49-2)30(25)39)27-21-11-12-22-28(33(42)37(31(22)40)19-7-3-16(4-8-19)35(44)45)23(21)15-24-29(27)34(43)38(32(24)41)20-9-5-17(6-10-20)36(46)47/h3-11,13-14,22-24,27-29,39H,12,15H2,1-2H3,(H,44,45)(H,46,47)/t22-,23+,24+,27-,28-,29+/m0/s1. The lowest BCUT2D eigenvalue weighted by molar-refractivity contribution is -0.126. The first-order chi connectivity index (χ1) is 23.5. The number of methoxy groups -OCH3 is 2. The van der Waals surface area contributed by atoms with E-state index in [0.29, 0.717) is 11.1 Å². The maximum absolute atomic E-state index is 14.3. The van der Waals surface area contributed by atoms with Crippen LogP contribution < -0.4 is 19.3 Å². The van der Waals surface area contributed by atoms with Gasteiger partial charge in [-0.25, -0.2) is 9.59 Å². The van der Waals surface area contributed by atoms with Gasteiger partial charge >= 0.3 is 11.9 Å². The molecule has 3 fully saturated rings. The molecule has 2 aliphatic carbocycles. The Bertz CT molecular complexity index is 1960. The molecule has 0 radical (unpaired) electrons. The first kappa shape index (κ1) is 31.6. The summed E-state index contributed by atoms with van der Waals surface area (Å²) in [6.45, 7) is 0. The number of hydrogen-bond donors (Lipinski definition) is 3. The third kappa shape index (κ3) is 4.75. The van der Waals surface area contributed by atoms with Gasteiger partial charge in [0.2, 0.25) is 29.4 Å². The smallest absolute Gasteiger partial charge is 0.335 e. The molecule has 4 amide bonds. The van der Waals surface area contributed by atoms with Crippen LogP contribution in [0.5, 0.6) is 17.2 Å². The molecule has 6 atom stereocenters. The van der Waals surface area contributed by atoms with Crippen LogP contribution in [0.15, 0.2) is 72.3 Å². The van der Waals surface area contributed by atoms with Crippen molar-refractivity contribution in [2.45, 2.75) is 18.8 Å². The van der Waals surface area contributed by atoms with E-state index in [2.05, 4.69) is 0 Å². The number of carboxylic acids is 2. The van der Waals surface area contributed by atoms with Crippen molar-refractivity contribution in [1.29, 1.82) is 0 Å². The minimum Gasteiger partial charge on any atom is -0.502 e. The van der Waals surface area contributed by atoms with Gasteiger partial charge in [0.1, 0.15) is 0 Å². The number of phenols is 1. The van der Waals surface area contributed by atoms with E-state index < -0.39 is 71.1 Å². The monoisotopic (exact) mass is 666 g/mol. The van der Waals surface area contributed by atoms with E-state index in [1.807, 2.05) is 6.08 Å². The van der Waals surface area contributed by atoms with E-state index in [0.717, 1.165) is 9.80 Å². The number of imide groups is 2. The second-order valence-electron chi connectivity index (χ2n) is 12.5. The van der Waals surface area contributed by atoms with Crippen molar-refractivity contribution >= 4 is 46.9 Å². The second kappa shape index (κ2) is 11.6. The molecular weight excluding hydrogens is 636 g/mol. The number of rotatable bonds is 7. The van der Waals surface area contributed by atoms with E-state index in [-0.39, 0.29) is 52.6 Å². The van der Waals surface area contributed by atoms with Crippen LogP contribution in [-0.4, -0.2) is 65.1 Å². The lowest BCUT2D eigenvalue weighted by Crippen LogP contribution is -2.43. The fourth-order valence-electron chi connectivity index (χ4n) is 8.07. The Kier molecular flexibility index (Phi) is 7.49. The molecule has 1 saturated carbocycles. The molecule has 250 valence electrons. The molecule has 0 bridgehead atoms. The minimum atomic E-state index is -1.16. The average Bonchev–Trinajstić information content (AvgIpc) is 3.51. The SMILES string of the molecule is COc1cc([C@H]2C3=CC[C@@H]4C(=O)N(c5ccc(C(=O)O)cc5)C(=O)[C@@H]4[C@@H]3C[C@H]3C(=O)N(c4ccc(C(=O)O)cc4)C(=O)[C@@H]23)cc(OC)c1O. The minimum absolute atomic E-state index is 0.00306. The highest BCUT2D eigenvalue weighted by molar-refractivity contribution is 6.24. The molecule has 3 aromatic rings. The van der Waals surface area contributed by atoms with Crippen molar-refractivity contribution < 1.29 is 53.6 Å². The number of carboxylic acid groups (broad SMARTS) is 2. The molecule has 13 heteroatoms. The Labute approximate surface area is 279 Å². The predicted octanol–water partition coefficient (Wildman–Crippen LogP) is 3.85. The molecular formula is C36H30N2O11. The van der Waals surface area contributed by atoms with Crippen LogP contribution in [0, 0.1) is 29.6 Å². The van der Waals surface area contributed by atoms with Crippen molar-refractivity contribution in [2.75, 3.05) is 24.0 Å². The number of carbonyl (C=O) groups excluding carboxylic acids is 4. The van der Waals surface area contributed by atoms with Crippen molar-refractivity contribution in [3.63, 3.8) is 0 Å². The topological polar surface area (TPSA) is 188 Å². The summed E-state index contributed by atoms with van der Waals surface area (Å²) in [7, 11) is 2.73. The highest BCUT2D eigenvalue weighted by atomic mass is 16.5. The number of fused-ring (bicyclic) bond motifs is 4. The van der Waals surface area contributed by atoms with Crippen LogP contribution in [-0.2, 0) is 19.2 Å². The second-order valence-corrected chi connectivity index (χ2v) is 12.5. The quantitative estimate of drug-likeness (QED) is 0.245. The zero-order chi connectivity index (χ0) is 34.9. The molecule has 7 rings (SSSR count). The number of phenolic OH excluding ortho intramolecular Hbond substituents is 1. The first-order valence-electron chi connectivity index (χ1n) is 15.5. The zero-order valence-corrected chi connectivity index (χ0v) is 26.2. The van der Waals surface area contributed by atoms with Crippen LogP contribution in [0.2, 0.25) is 0 Å². The molecule has 2 saturated heterocycles. The van der Waals surface area contributed by atoms with Gasteiger partial charge in [0, 0.05) is 5.92 Å². The van der Waals surface area contributed by atoms with Gasteiger partial charge in [0.05, 0.1) is 60.4 Å². The number of carbonyl (C=O) groups is 6. The largest absolute Gasteiger partial charge is 0.502 e. The summed E-state index contributed by atoms with van der Waals surface area (Å²) in [4.78, 5) is 81.5. The lowest BCUT2D eigenvalue weighted by Gasteiger charge is -2.44. The molecule has 4 aliphatic rings. The highest BCUT2D eigenvalue weighted by Gasteiger charge is 2.62.